The summed E-state index contributed by atoms with van der Waals surface area (Å²) in [6.07, 6.45) is 5.35. The Morgan fingerprint density at radius 1 is 1.41 bits per heavy atom. The molecule has 3 rings (SSSR count). The summed E-state index contributed by atoms with van der Waals surface area (Å²) in [6, 6.07) is 6.54. The van der Waals surface area contributed by atoms with Gasteiger partial charge < -0.3 is 10.1 Å². The maximum Gasteiger partial charge on any atom is 0.123 e. The highest BCUT2D eigenvalue weighted by molar-refractivity contribution is 5.43. The largest absolute Gasteiger partial charge is 0.490 e. The van der Waals surface area contributed by atoms with Gasteiger partial charge in [-0.3, -0.25) is 0 Å². The lowest BCUT2D eigenvalue weighted by molar-refractivity contribution is 0.254. The fourth-order valence-electron chi connectivity index (χ4n) is 3.10. The highest BCUT2D eigenvalue weighted by atomic mass is 16.5. The second kappa shape index (κ2) is 4.69. The van der Waals surface area contributed by atoms with E-state index in [2.05, 4.69) is 30.4 Å². The molecule has 0 amide bonds. The number of ether oxygens (including phenoxy) is 1. The molecule has 1 N–H and O–H groups in total. The SMILES string of the molecule is CC1Cc2c(CC3CCCNC3)cccc2O1. The van der Waals surface area contributed by atoms with Crippen LogP contribution in [0.2, 0.25) is 0 Å². The Bertz CT molecular complexity index is 396. The first kappa shape index (κ1) is 11.1. The van der Waals surface area contributed by atoms with Crippen molar-refractivity contribution < 1.29 is 4.74 Å². The monoisotopic (exact) mass is 231 g/mol. The quantitative estimate of drug-likeness (QED) is 0.844. The van der Waals surface area contributed by atoms with E-state index in [9.17, 15) is 0 Å². The van der Waals surface area contributed by atoms with Crippen LogP contribution in [0.5, 0.6) is 5.75 Å². The second-order valence-corrected chi connectivity index (χ2v) is 5.44. The summed E-state index contributed by atoms with van der Waals surface area (Å²) in [7, 11) is 0. The van der Waals surface area contributed by atoms with Gasteiger partial charge >= 0.3 is 0 Å². The molecule has 2 unspecified atom stereocenters. The minimum absolute atomic E-state index is 0.357. The van der Waals surface area contributed by atoms with E-state index in [1.807, 2.05) is 0 Å². The highest BCUT2D eigenvalue weighted by Crippen LogP contribution is 2.33. The van der Waals surface area contributed by atoms with Gasteiger partial charge in [-0.25, -0.2) is 0 Å². The van der Waals surface area contributed by atoms with Crippen LogP contribution in [0.4, 0.5) is 0 Å². The molecule has 2 nitrogen and oxygen atoms in total. The first-order valence-electron chi connectivity index (χ1n) is 6.81. The molecule has 0 saturated carbocycles. The molecule has 0 radical (unpaired) electrons. The Kier molecular flexibility index (Phi) is 3.06. The van der Waals surface area contributed by atoms with Gasteiger partial charge in [-0.05, 0) is 56.8 Å². The zero-order chi connectivity index (χ0) is 11.7. The minimum atomic E-state index is 0.357. The van der Waals surface area contributed by atoms with Gasteiger partial charge in [-0.1, -0.05) is 12.1 Å². The topological polar surface area (TPSA) is 21.3 Å². The summed E-state index contributed by atoms with van der Waals surface area (Å²) in [5.74, 6) is 1.94. The summed E-state index contributed by atoms with van der Waals surface area (Å²) in [6.45, 7) is 4.54. The normalized spacial score (nSPS) is 27.6. The van der Waals surface area contributed by atoms with E-state index in [1.54, 1.807) is 0 Å². The first-order valence-corrected chi connectivity index (χ1v) is 6.81. The molecule has 1 aromatic carbocycles. The minimum Gasteiger partial charge on any atom is -0.490 e. The first-order chi connectivity index (χ1) is 8.33. The van der Waals surface area contributed by atoms with Crippen LogP contribution in [0.15, 0.2) is 18.2 Å². The maximum atomic E-state index is 5.82. The number of hydrogen-bond acceptors (Lipinski definition) is 2. The number of hydrogen-bond donors (Lipinski definition) is 1. The number of rotatable bonds is 2. The van der Waals surface area contributed by atoms with Crippen molar-refractivity contribution in [2.45, 2.75) is 38.7 Å². The third kappa shape index (κ3) is 2.32. The Labute approximate surface area is 103 Å². The molecular weight excluding hydrogens is 210 g/mol. The molecule has 0 spiro atoms. The zero-order valence-corrected chi connectivity index (χ0v) is 10.5. The van der Waals surface area contributed by atoms with Crippen LogP contribution in [-0.4, -0.2) is 19.2 Å². The molecule has 2 heteroatoms. The van der Waals surface area contributed by atoms with Gasteiger partial charge in [0.05, 0.1) is 0 Å². The van der Waals surface area contributed by atoms with Crippen molar-refractivity contribution in [3.63, 3.8) is 0 Å². The van der Waals surface area contributed by atoms with Crippen LogP contribution in [0.1, 0.15) is 30.9 Å². The number of benzene rings is 1. The van der Waals surface area contributed by atoms with Gasteiger partial charge in [0.2, 0.25) is 0 Å². The predicted octanol–water partition coefficient (Wildman–Crippen LogP) is 2.55. The third-order valence-corrected chi connectivity index (χ3v) is 3.96. The molecule has 17 heavy (non-hydrogen) atoms. The van der Waals surface area contributed by atoms with Crippen LogP contribution >= 0.6 is 0 Å². The summed E-state index contributed by atoms with van der Waals surface area (Å²) >= 11 is 0. The maximum absolute atomic E-state index is 5.82. The molecule has 2 atom stereocenters. The number of piperidine rings is 1. The molecule has 0 aromatic heterocycles. The molecule has 1 saturated heterocycles. The van der Waals surface area contributed by atoms with E-state index >= 15 is 0 Å². The molecule has 1 fully saturated rings. The fraction of sp³-hybridized carbons (Fsp3) is 0.600. The van der Waals surface area contributed by atoms with Crippen molar-refractivity contribution in [2.75, 3.05) is 13.1 Å². The fourth-order valence-corrected chi connectivity index (χ4v) is 3.10. The lowest BCUT2D eigenvalue weighted by Gasteiger charge is -2.23. The summed E-state index contributed by atoms with van der Waals surface area (Å²) < 4.78 is 5.82. The summed E-state index contributed by atoms with van der Waals surface area (Å²) in [4.78, 5) is 0. The Morgan fingerprint density at radius 3 is 3.18 bits per heavy atom. The zero-order valence-electron chi connectivity index (χ0n) is 10.5. The summed E-state index contributed by atoms with van der Waals surface area (Å²) in [5.41, 5.74) is 2.98. The van der Waals surface area contributed by atoms with Crippen molar-refractivity contribution in [1.82, 2.24) is 5.32 Å². The van der Waals surface area contributed by atoms with E-state index in [-0.39, 0.29) is 0 Å². The van der Waals surface area contributed by atoms with E-state index in [4.69, 9.17) is 4.74 Å². The van der Waals surface area contributed by atoms with Gasteiger partial charge in [-0.15, -0.1) is 0 Å². The lowest BCUT2D eigenvalue weighted by Crippen LogP contribution is -2.31. The average molecular weight is 231 g/mol. The van der Waals surface area contributed by atoms with E-state index in [0.717, 1.165) is 18.1 Å². The van der Waals surface area contributed by atoms with Gasteiger partial charge in [0.1, 0.15) is 11.9 Å². The molecule has 2 aliphatic rings. The molecule has 2 aliphatic heterocycles. The molecule has 0 bridgehead atoms. The Morgan fingerprint density at radius 2 is 2.35 bits per heavy atom. The van der Waals surface area contributed by atoms with Crippen LogP contribution in [0, 0.1) is 5.92 Å². The predicted molar refractivity (Wildman–Crippen MR) is 69.5 cm³/mol. The van der Waals surface area contributed by atoms with Crippen LogP contribution in [0.25, 0.3) is 0 Å². The van der Waals surface area contributed by atoms with Crippen LogP contribution in [0.3, 0.4) is 0 Å². The van der Waals surface area contributed by atoms with Gasteiger partial charge in [0.15, 0.2) is 0 Å². The van der Waals surface area contributed by atoms with Crippen molar-refractivity contribution >= 4 is 0 Å². The van der Waals surface area contributed by atoms with Crippen LogP contribution < -0.4 is 10.1 Å². The molecule has 0 aliphatic carbocycles. The number of fused-ring (bicyclic) bond motifs is 1. The van der Waals surface area contributed by atoms with Crippen molar-refractivity contribution in [3.05, 3.63) is 29.3 Å². The Balaban J connectivity index is 1.77. The van der Waals surface area contributed by atoms with Gasteiger partial charge in [0, 0.05) is 12.0 Å². The Hall–Kier alpha value is -1.02. The van der Waals surface area contributed by atoms with Gasteiger partial charge in [-0.2, -0.15) is 0 Å². The summed E-state index contributed by atoms with van der Waals surface area (Å²) in [5, 5.41) is 3.50. The second-order valence-electron chi connectivity index (χ2n) is 5.44. The van der Waals surface area contributed by atoms with Gasteiger partial charge in [0.25, 0.3) is 0 Å². The molecule has 92 valence electrons. The third-order valence-electron chi connectivity index (χ3n) is 3.96. The average Bonchev–Trinajstić information content (AvgIpc) is 2.72. The van der Waals surface area contributed by atoms with E-state index in [1.165, 1.54) is 43.5 Å². The van der Waals surface area contributed by atoms with Crippen molar-refractivity contribution in [3.8, 4) is 5.75 Å². The number of nitrogens with one attached hydrogen (secondary N) is 1. The molecule has 2 heterocycles. The van der Waals surface area contributed by atoms with E-state index < -0.39 is 0 Å². The van der Waals surface area contributed by atoms with Crippen molar-refractivity contribution in [1.29, 1.82) is 0 Å². The van der Waals surface area contributed by atoms with Crippen molar-refractivity contribution in [2.24, 2.45) is 5.92 Å². The van der Waals surface area contributed by atoms with Crippen LogP contribution in [-0.2, 0) is 12.8 Å². The molecule has 1 aromatic rings. The smallest absolute Gasteiger partial charge is 0.123 e. The van der Waals surface area contributed by atoms with E-state index in [0.29, 0.717) is 6.10 Å². The lowest BCUT2D eigenvalue weighted by atomic mass is 9.89. The molecular formula is C15H21NO. The standard InChI is InChI=1S/C15H21NO/c1-11-8-14-13(5-2-6-15(14)17-11)9-12-4-3-7-16-10-12/h2,5-6,11-12,16H,3-4,7-10H2,1H3. The highest BCUT2D eigenvalue weighted by Gasteiger charge is 2.23.